The Balaban J connectivity index is 2.31. The van der Waals surface area contributed by atoms with Gasteiger partial charge in [0.2, 0.25) is 0 Å². The molecule has 0 saturated heterocycles. The van der Waals surface area contributed by atoms with Crippen molar-refractivity contribution in [2.24, 2.45) is 5.92 Å². The van der Waals surface area contributed by atoms with Gasteiger partial charge in [-0.25, -0.2) is 0 Å². The molecule has 0 aromatic heterocycles. The molecule has 0 N–H and O–H groups in total. The van der Waals surface area contributed by atoms with Gasteiger partial charge in [-0.15, -0.1) is 0 Å². The molecule has 0 aromatic carbocycles. The third kappa shape index (κ3) is 7.01. The summed E-state index contributed by atoms with van der Waals surface area (Å²) in [7, 11) is 0. The summed E-state index contributed by atoms with van der Waals surface area (Å²) >= 11 is 0. The highest BCUT2D eigenvalue weighted by Gasteiger charge is 2.15. The molecule has 104 valence electrons. The summed E-state index contributed by atoms with van der Waals surface area (Å²) in [6.45, 7) is 6.22. The molecule has 1 aliphatic rings. The lowest BCUT2D eigenvalue weighted by Crippen LogP contribution is -2.10. The summed E-state index contributed by atoms with van der Waals surface area (Å²) in [5, 5.41) is 9.08. The first kappa shape index (κ1) is 15.8. The van der Waals surface area contributed by atoms with E-state index < -0.39 is 0 Å². The molecule has 19 heavy (non-hydrogen) atoms. The summed E-state index contributed by atoms with van der Waals surface area (Å²) in [5.74, 6) is 1.02. The Morgan fingerprint density at radius 1 is 1.16 bits per heavy atom. The quantitative estimate of drug-likeness (QED) is 0.325. The van der Waals surface area contributed by atoms with Gasteiger partial charge in [0.25, 0.3) is 0 Å². The fourth-order valence-corrected chi connectivity index (χ4v) is 2.33. The standard InChI is InChI=1S/C18H27N/c1-15(2)11-12-18(14-19)13-16(3)7-4-5-8-17-9-6-10-17/h11-13,17H,4-10H2,1-3H3/b16-13+,18-12+. The van der Waals surface area contributed by atoms with E-state index in [9.17, 15) is 0 Å². The minimum absolute atomic E-state index is 0.762. The number of nitrogens with zero attached hydrogens (tertiary/aromatic N) is 1. The molecule has 1 aliphatic carbocycles. The molecule has 0 amide bonds. The second-order valence-corrected chi connectivity index (χ2v) is 6.01. The minimum atomic E-state index is 0.762. The van der Waals surface area contributed by atoms with Crippen LogP contribution in [0.15, 0.2) is 34.9 Å². The largest absolute Gasteiger partial charge is 0.192 e. The predicted octanol–water partition coefficient (Wildman–Crippen LogP) is 5.71. The second-order valence-electron chi connectivity index (χ2n) is 6.01. The van der Waals surface area contributed by atoms with Crippen molar-refractivity contribution in [1.29, 1.82) is 5.26 Å². The van der Waals surface area contributed by atoms with Crippen molar-refractivity contribution in [3.8, 4) is 6.07 Å². The van der Waals surface area contributed by atoms with Gasteiger partial charge in [-0.3, -0.25) is 0 Å². The third-order valence-electron chi connectivity index (χ3n) is 3.79. The van der Waals surface area contributed by atoms with E-state index in [1.54, 1.807) is 0 Å². The lowest BCUT2D eigenvalue weighted by Gasteiger charge is -2.24. The first-order valence-corrected chi connectivity index (χ1v) is 7.54. The number of rotatable bonds is 7. The number of hydrogen-bond donors (Lipinski definition) is 0. The molecule has 0 aliphatic heterocycles. The van der Waals surface area contributed by atoms with Gasteiger partial charge >= 0.3 is 0 Å². The first-order valence-electron chi connectivity index (χ1n) is 7.54. The molecule has 0 radical (unpaired) electrons. The fourth-order valence-electron chi connectivity index (χ4n) is 2.33. The van der Waals surface area contributed by atoms with Crippen LogP contribution in [0.4, 0.5) is 0 Å². The highest BCUT2D eigenvalue weighted by Crippen LogP contribution is 2.31. The third-order valence-corrected chi connectivity index (χ3v) is 3.79. The van der Waals surface area contributed by atoms with Crippen LogP contribution < -0.4 is 0 Å². The molecule has 0 aromatic rings. The normalized spacial score (nSPS) is 16.7. The van der Waals surface area contributed by atoms with Crippen LogP contribution in [0.25, 0.3) is 0 Å². The summed E-state index contributed by atoms with van der Waals surface area (Å²) in [4.78, 5) is 0. The van der Waals surface area contributed by atoms with Gasteiger partial charge in [0.1, 0.15) is 0 Å². The number of allylic oxidation sites excluding steroid dienone is 6. The zero-order valence-electron chi connectivity index (χ0n) is 12.7. The Morgan fingerprint density at radius 2 is 1.89 bits per heavy atom. The van der Waals surface area contributed by atoms with E-state index in [-0.39, 0.29) is 0 Å². The van der Waals surface area contributed by atoms with Crippen molar-refractivity contribution >= 4 is 0 Å². The average molecular weight is 257 g/mol. The molecular weight excluding hydrogens is 230 g/mol. The average Bonchev–Trinajstić information content (AvgIpc) is 2.31. The number of hydrogen-bond acceptors (Lipinski definition) is 1. The Bertz CT molecular complexity index is 396. The topological polar surface area (TPSA) is 23.8 Å². The molecule has 0 spiro atoms. The Kier molecular flexibility index (Phi) is 7.26. The van der Waals surface area contributed by atoms with Gasteiger partial charge in [0.05, 0.1) is 11.6 Å². The second kappa shape index (κ2) is 8.75. The van der Waals surface area contributed by atoms with E-state index in [4.69, 9.17) is 5.26 Å². The SMILES string of the molecule is CC(C)=C/C=C(C#N)\C=C(/C)CCCCC1CCC1. The summed E-state index contributed by atoms with van der Waals surface area (Å²) < 4.78 is 0. The van der Waals surface area contributed by atoms with E-state index in [1.165, 1.54) is 49.7 Å². The van der Waals surface area contributed by atoms with Crippen molar-refractivity contribution in [2.75, 3.05) is 0 Å². The lowest BCUT2D eigenvalue weighted by atomic mass is 9.81. The Hall–Kier alpha value is -1.29. The van der Waals surface area contributed by atoms with Gasteiger partial charge < -0.3 is 0 Å². The Morgan fingerprint density at radius 3 is 2.42 bits per heavy atom. The minimum Gasteiger partial charge on any atom is -0.192 e. The van der Waals surface area contributed by atoms with Crippen LogP contribution in [-0.2, 0) is 0 Å². The van der Waals surface area contributed by atoms with Crippen molar-refractivity contribution in [2.45, 2.75) is 65.7 Å². The van der Waals surface area contributed by atoms with E-state index in [2.05, 4.69) is 13.0 Å². The molecule has 0 heterocycles. The van der Waals surface area contributed by atoms with E-state index in [0.717, 1.165) is 17.9 Å². The summed E-state index contributed by atoms with van der Waals surface area (Å²) in [6, 6.07) is 2.26. The van der Waals surface area contributed by atoms with Gasteiger partial charge in [-0.2, -0.15) is 5.26 Å². The molecule has 1 fully saturated rings. The van der Waals surface area contributed by atoms with E-state index in [0.29, 0.717) is 0 Å². The van der Waals surface area contributed by atoms with Crippen LogP contribution in [0.2, 0.25) is 0 Å². The first-order chi connectivity index (χ1) is 9.11. The van der Waals surface area contributed by atoms with Crippen LogP contribution in [0.3, 0.4) is 0 Å². The van der Waals surface area contributed by atoms with Crippen LogP contribution in [0, 0.1) is 17.2 Å². The molecular formula is C18H27N. The maximum Gasteiger partial charge on any atom is 0.0991 e. The number of nitriles is 1. The van der Waals surface area contributed by atoms with Crippen molar-refractivity contribution in [3.05, 3.63) is 34.9 Å². The van der Waals surface area contributed by atoms with Crippen molar-refractivity contribution in [3.63, 3.8) is 0 Å². The van der Waals surface area contributed by atoms with Crippen LogP contribution >= 0.6 is 0 Å². The van der Waals surface area contributed by atoms with Gasteiger partial charge in [-0.1, -0.05) is 49.3 Å². The lowest BCUT2D eigenvalue weighted by molar-refractivity contribution is 0.287. The summed E-state index contributed by atoms with van der Waals surface area (Å²) in [6.07, 6.45) is 15.4. The molecule has 1 heteroatoms. The Labute approximate surface area is 118 Å². The van der Waals surface area contributed by atoms with Gasteiger partial charge in [-0.05, 0) is 51.7 Å². The molecule has 0 unspecified atom stereocenters. The molecule has 0 bridgehead atoms. The smallest absolute Gasteiger partial charge is 0.0991 e. The van der Waals surface area contributed by atoms with E-state index >= 15 is 0 Å². The maximum absolute atomic E-state index is 9.08. The monoisotopic (exact) mass is 257 g/mol. The zero-order chi connectivity index (χ0) is 14.1. The van der Waals surface area contributed by atoms with Crippen molar-refractivity contribution in [1.82, 2.24) is 0 Å². The zero-order valence-corrected chi connectivity index (χ0v) is 12.7. The number of unbranched alkanes of at least 4 members (excludes halogenated alkanes) is 1. The highest BCUT2D eigenvalue weighted by atomic mass is 14.2. The molecule has 1 nitrogen and oxygen atoms in total. The fraction of sp³-hybridized carbons (Fsp3) is 0.611. The molecule has 1 rings (SSSR count). The molecule has 1 saturated carbocycles. The van der Waals surface area contributed by atoms with Crippen LogP contribution in [-0.4, -0.2) is 0 Å². The molecule has 0 atom stereocenters. The maximum atomic E-state index is 9.08. The van der Waals surface area contributed by atoms with Crippen LogP contribution in [0.5, 0.6) is 0 Å². The summed E-state index contributed by atoms with van der Waals surface area (Å²) in [5.41, 5.74) is 3.31. The van der Waals surface area contributed by atoms with Crippen LogP contribution in [0.1, 0.15) is 65.7 Å². The highest BCUT2D eigenvalue weighted by molar-refractivity contribution is 5.38. The van der Waals surface area contributed by atoms with E-state index in [1.807, 2.05) is 32.1 Å². The predicted molar refractivity (Wildman–Crippen MR) is 82.7 cm³/mol. The van der Waals surface area contributed by atoms with Gasteiger partial charge in [0, 0.05) is 0 Å². The van der Waals surface area contributed by atoms with Gasteiger partial charge in [0.15, 0.2) is 0 Å². The van der Waals surface area contributed by atoms with Crippen molar-refractivity contribution < 1.29 is 0 Å².